The Morgan fingerprint density at radius 2 is 1.95 bits per heavy atom. The zero-order valence-electron chi connectivity index (χ0n) is 13.3. The van der Waals surface area contributed by atoms with E-state index >= 15 is 0 Å². The van der Waals surface area contributed by atoms with Gasteiger partial charge in [0.1, 0.15) is 5.82 Å². The van der Waals surface area contributed by atoms with Gasteiger partial charge in [0.2, 0.25) is 5.88 Å². The van der Waals surface area contributed by atoms with Gasteiger partial charge in [0, 0.05) is 6.04 Å². The van der Waals surface area contributed by atoms with Gasteiger partial charge in [-0.2, -0.15) is 4.98 Å². The van der Waals surface area contributed by atoms with E-state index in [1.165, 1.54) is 25.7 Å². The topological polar surface area (TPSA) is 60.2 Å². The Kier molecular flexibility index (Phi) is 7.20. The number of pyridine rings is 1. The summed E-state index contributed by atoms with van der Waals surface area (Å²) < 4.78 is 5.63. The summed E-state index contributed by atoms with van der Waals surface area (Å²) in [5, 5.41) is 3.51. The third-order valence-corrected chi connectivity index (χ3v) is 3.13. The molecule has 114 valence electrons. The molecule has 0 saturated heterocycles. The standard InChI is InChI=1S/C16H29N3O/c1-5-7-9-13(8-6-2)18-15-11-10-14(17)16(19-15)20-12(3)4/h10-13H,5-9,17H2,1-4H3,(H,18,19). The van der Waals surface area contributed by atoms with Crippen molar-refractivity contribution in [2.75, 3.05) is 11.1 Å². The number of hydrogen-bond acceptors (Lipinski definition) is 4. The molecular weight excluding hydrogens is 250 g/mol. The number of hydrogen-bond donors (Lipinski definition) is 2. The number of ether oxygens (including phenoxy) is 1. The van der Waals surface area contributed by atoms with Crippen LogP contribution in [0.5, 0.6) is 5.88 Å². The second kappa shape index (κ2) is 8.67. The molecular formula is C16H29N3O. The van der Waals surface area contributed by atoms with Crippen LogP contribution in [0.1, 0.15) is 59.8 Å². The Balaban J connectivity index is 2.73. The van der Waals surface area contributed by atoms with Gasteiger partial charge in [0.25, 0.3) is 0 Å². The minimum absolute atomic E-state index is 0.0755. The molecule has 20 heavy (non-hydrogen) atoms. The van der Waals surface area contributed by atoms with Crippen molar-refractivity contribution < 1.29 is 4.74 Å². The highest BCUT2D eigenvalue weighted by molar-refractivity contribution is 5.53. The minimum atomic E-state index is 0.0755. The summed E-state index contributed by atoms with van der Waals surface area (Å²) in [7, 11) is 0. The Morgan fingerprint density at radius 1 is 1.20 bits per heavy atom. The van der Waals surface area contributed by atoms with Crippen molar-refractivity contribution in [3.05, 3.63) is 12.1 Å². The predicted molar refractivity (Wildman–Crippen MR) is 86.3 cm³/mol. The number of nitrogens with zero attached hydrogens (tertiary/aromatic N) is 1. The van der Waals surface area contributed by atoms with E-state index in [9.17, 15) is 0 Å². The number of nitrogens with one attached hydrogen (secondary N) is 1. The molecule has 0 aromatic carbocycles. The molecule has 0 spiro atoms. The zero-order chi connectivity index (χ0) is 15.0. The van der Waals surface area contributed by atoms with Crippen LogP contribution in [0.25, 0.3) is 0 Å². The average Bonchev–Trinajstić information content (AvgIpc) is 2.39. The van der Waals surface area contributed by atoms with Gasteiger partial charge in [0.15, 0.2) is 0 Å². The van der Waals surface area contributed by atoms with Crippen molar-refractivity contribution in [3.63, 3.8) is 0 Å². The smallest absolute Gasteiger partial charge is 0.239 e. The van der Waals surface area contributed by atoms with Crippen molar-refractivity contribution >= 4 is 11.5 Å². The molecule has 1 heterocycles. The number of nitrogens with two attached hydrogens (primary N) is 1. The second-order valence-electron chi connectivity index (χ2n) is 5.53. The van der Waals surface area contributed by atoms with Gasteiger partial charge >= 0.3 is 0 Å². The summed E-state index contributed by atoms with van der Waals surface area (Å²) in [5.41, 5.74) is 6.48. The molecule has 0 radical (unpaired) electrons. The van der Waals surface area contributed by atoms with Gasteiger partial charge in [-0.3, -0.25) is 0 Å². The molecule has 1 aromatic rings. The van der Waals surface area contributed by atoms with E-state index in [4.69, 9.17) is 10.5 Å². The maximum absolute atomic E-state index is 5.89. The van der Waals surface area contributed by atoms with Crippen LogP contribution in [-0.4, -0.2) is 17.1 Å². The zero-order valence-corrected chi connectivity index (χ0v) is 13.3. The fourth-order valence-corrected chi connectivity index (χ4v) is 2.15. The van der Waals surface area contributed by atoms with E-state index in [0.717, 1.165) is 12.2 Å². The number of nitrogen functional groups attached to an aromatic ring is 1. The number of aromatic nitrogens is 1. The lowest BCUT2D eigenvalue weighted by atomic mass is 10.1. The first-order valence-corrected chi connectivity index (χ1v) is 7.76. The first-order valence-electron chi connectivity index (χ1n) is 7.76. The fourth-order valence-electron chi connectivity index (χ4n) is 2.15. The molecule has 0 aliphatic rings. The Morgan fingerprint density at radius 3 is 2.55 bits per heavy atom. The van der Waals surface area contributed by atoms with Gasteiger partial charge in [-0.1, -0.05) is 33.1 Å². The molecule has 1 unspecified atom stereocenters. The lowest BCUT2D eigenvalue weighted by molar-refractivity contribution is 0.234. The molecule has 3 N–H and O–H groups in total. The fraction of sp³-hybridized carbons (Fsp3) is 0.688. The molecule has 4 nitrogen and oxygen atoms in total. The molecule has 4 heteroatoms. The minimum Gasteiger partial charge on any atom is -0.473 e. The first-order chi connectivity index (χ1) is 9.56. The van der Waals surface area contributed by atoms with Crippen LogP contribution in [0.15, 0.2) is 12.1 Å². The monoisotopic (exact) mass is 279 g/mol. The van der Waals surface area contributed by atoms with E-state index in [2.05, 4.69) is 24.1 Å². The molecule has 1 aromatic heterocycles. The summed E-state index contributed by atoms with van der Waals surface area (Å²) in [5.74, 6) is 1.38. The molecule has 1 atom stereocenters. The van der Waals surface area contributed by atoms with Crippen molar-refractivity contribution in [1.29, 1.82) is 0 Å². The van der Waals surface area contributed by atoms with Crippen LogP contribution in [0.4, 0.5) is 11.5 Å². The highest BCUT2D eigenvalue weighted by Gasteiger charge is 2.11. The van der Waals surface area contributed by atoms with Crippen molar-refractivity contribution in [1.82, 2.24) is 4.98 Å². The van der Waals surface area contributed by atoms with Crippen LogP contribution < -0.4 is 15.8 Å². The molecule has 0 aliphatic carbocycles. The third kappa shape index (κ3) is 5.68. The van der Waals surface area contributed by atoms with Crippen LogP contribution >= 0.6 is 0 Å². The van der Waals surface area contributed by atoms with Crippen molar-refractivity contribution in [2.24, 2.45) is 0 Å². The summed E-state index contributed by atoms with van der Waals surface area (Å²) in [4.78, 5) is 4.48. The van der Waals surface area contributed by atoms with E-state index in [1.807, 2.05) is 26.0 Å². The van der Waals surface area contributed by atoms with Crippen LogP contribution in [0, 0.1) is 0 Å². The van der Waals surface area contributed by atoms with E-state index in [-0.39, 0.29) is 6.10 Å². The lowest BCUT2D eigenvalue weighted by Crippen LogP contribution is -2.20. The maximum Gasteiger partial charge on any atom is 0.239 e. The van der Waals surface area contributed by atoms with Crippen LogP contribution in [0.3, 0.4) is 0 Å². The van der Waals surface area contributed by atoms with Crippen molar-refractivity contribution in [3.8, 4) is 5.88 Å². The number of unbranched alkanes of at least 4 members (excludes halogenated alkanes) is 1. The van der Waals surface area contributed by atoms with Crippen LogP contribution in [-0.2, 0) is 0 Å². The van der Waals surface area contributed by atoms with Gasteiger partial charge in [0.05, 0.1) is 11.8 Å². The number of anilines is 2. The molecule has 0 amide bonds. The molecule has 0 aliphatic heterocycles. The van der Waals surface area contributed by atoms with Crippen molar-refractivity contribution in [2.45, 2.75) is 71.9 Å². The van der Waals surface area contributed by atoms with E-state index in [0.29, 0.717) is 17.6 Å². The highest BCUT2D eigenvalue weighted by atomic mass is 16.5. The predicted octanol–water partition coefficient (Wildman–Crippen LogP) is 4.22. The summed E-state index contributed by atoms with van der Waals surface area (Å²) in [6, 6.07) is 4.26. The SMILES string of the molecule is CCCCC(CCC)Nc1ccc(N)c(OC(C)C)n1. The van der Waals surface area contributed by atoms with Gasteiger partial charge in [-0.15, -0.1) is 0 Å². The largest absolute Gasteiger partial charge is 0.473 e. The van der Waals surface area contributed by atoms with Gasteiger partial charge in [-0.05, 0) is 38.8 Å². The Hall–Kier alpha value is -1.45. The van der Waals surface area contributed by atoms with E-state index in [1.54, 1.807) is 0 Å². The first kappa shape index (κ1) is 16.6. The highest BCUT2D eigenvalue weighted by Crippen LogP contribution is 2.23. The van der Waals surface area contributed by atoms with E-state index < -0.39 is 0 Å². The quantitative estimate of drug-likeness (QED) is 0.710. The van der Waals surface area contributed by atoms with Gasteiger partial charge in [-0.25, -0.2) is 0 Å². The Bertz CT molecular complexity index is 393. The molecule has 0 bridgehead atoms. The second-order valence-corrected chi connectivity index (χ2v) is 5.53. The lowest BCUT2D eigenvalue weighted by Gasteiger charge is -2.19. The Labute approximate surface area is 123 Å². The molecule has 1 rings (SSSR count). The normalized spacial score (nSPS) is 12.4. The molecule has 0 saturated carbocycles. The average molecular weight is 279 g/mol. The van der Waals surface area contributed by atoms with Crippen LogP contribution in [0.2, 0.25) is 0 Å². The number of rotatable bonds is 9. The molecule has 0 fully saturated rings. The summed E-state index contributed by atoms with van der Waals surface area (Å²) in [6.07, 6.45) is 6.04. The summed E-state index contributed by atoms with van der Waals surface area (Å²) in [6.45, 7) is 8.38. The summed E-state index contributed by atoms with van der Waals surface area (Å²) >= 11 is 0. The maximum atomic E-state index is 5.89. The van der Waals surface area contributed by atoms with Gasteiger partial charge < -0.3 is 15.8 Å². The third-order valence-electron chi connectivity index (χ3n) is 3.13.